The lowest BCUT2D eigenvalue weighted by molar-refractivity contribution is 0.843. The van der Waals surface area contributed by atoms with Crippen molar-refractivity contribution in [2.24, 2.45) is 0 Å². The smallest absolute Gasteiger partial charge is 0.314 e. The quantitative estimate of drug-likeness (QED) is 0.295. The number of anilines is 1. The number of hydrogen-bond acceptors (Lipinski definition) is 5. The van der Waals surface area contributed by atoms with Crippen LogP contribution in [0.3, 0.4) is 0 Å². The first kappa shape index (κ1) is 20.3. The Kier molecular flexibility index (Phi) is 5.65. The summed E-state index contributed by atoms with van der Waals surface area (Å²) in [6, 6.07) is 13.4. The molecule has 2 aromatic heterocycles. The van der Waals surface area contributed by atoms with Crippen molar-refractivity contribution in [2.45, 2.75) is 24.7 Å². The van der Waals surface area contributed by atoms with Crippen LogP contribution in [0.5, 0.6) is 0 Å². The summed E-state index contributed by atoms with van der Waals surface area (Å²) in [5.41, 5.74) is 3.72. The van der Waals surface area contributed by atoms with E-state index in [0.29, 0.717) is 16.1 Å². The Morgan fingerprint density at radius 2 is 1.63 bits per heavy atom. The number of pyridine rings is 1. The molecule has 0 saturated carbocycles. The Bertz CT molecular complexity index is 1330. The molecule has 152 valence electrons. The largest absolute Gasteiger partial charge is 0.326 e. The standard InChI is InChI=1S/C22H19ClN4O2S/c1-12(2)16-10-18-19(26-22(29)21(28)25-18)11-20(16)30-27-14-3-4-15(17(23)9-14)13-5-7-24-8-6-13/h3-12,27H,1-2H3,(H,25,28)(H,26,29). The zero-order valence-electron chi connectivity index (χ0n) is 16.3. The highest BCUT2D eigenvalue weighted by atomic mass is 35.5. The van der Waals surface area contributed by atoms with Crippen LogP contribution in [-0.2, 0) is 0 Å². The van der Waals surface area contributed by atoms with E-state index >= 15 is 0 Å². The van der Waals surface area contributed by atoms with Crippen LogP contribution < -0.4 is 15.8 Å². The minimum Gasteiger partial charge on any atom is -0.326 e. The second kappa shape index (κ2) is 8.38. The number of halogens is 1. The Hall–Kier alpha value is -3.03. The zero-order valence-corrected chi connectivity index (χ0v) is 17.9. The van der Waals surface area contributed by atoms with Gasteiger partial charge in [-0.05, 0) is 65.4 Å². The van der Waals surface area contributed by atoms with E-state index in [4.69, 9.17) is 11.6 Å². The highest BCUT2D eigenvalue weighted by Gasteiger charge is 2.12. The van der Waals surface area contributed by atoms with Gasteiger partial charge >= 0.3 is 11.1 Å². The Labute approximate surface area is 181 Å². The number of nitrogens with zero attached hydrogens (tertiary/aromatic N) is 1. The molecule has 0 atom stereocenters. The Morgan fingerprint density at radius 3 is 2.27 bits per heavy atom. The van der Waals surface area contributed by atoms with Crippen LogP contribution in [0.4, 0.5) is 5.69 Å². The van der Waals surface area contributed by atoms with Crippen molar-refractivity contribution in [3.05, 3.63) is 86.2 Å². The molecule has 3 N–H and O–H groups in total. The number of hydrogen-bond donors (Lipinski definition) is 3. The highest BCUT2D eigenvalue weighted by molar-refractivity contribution is 8.00. The van der Waals surface area contributed by atoms with Gasteiger partial charge in [0.25, 0.3) is 0 Å². The third kappa shape index (κ3) is 4.13. The van der Waals surface area contributed by atoms with Crippen molar-refractivity contribution in [3.8, 4) is 11.1 Å². The number of fused-ring (bicyclic) bond motifs is 1. The molecule has 2 heterocycles. The summed E-state index contributed by atoms with van der Waals surface area (Å²) in [4.78, 5) is 33.6. The van der Waals surface area contributed by atoms with Crippen molar-refractivity contribution in [1.29, 1.82) is 0 Å². The van der Waals surface area contributed by atoms with Crippen LogP contribution in [0.25, 0.3) is 22.2 Å². The van der Waals surface area contributed by atoms with Gasteiger partial charge in [-0.25, -0.2) is 0 Å². The van der Waals surface area contributed by atoms with Crippen molar-refractivity contribution < 1.29 is 0 Å². The molecular formula is C22H19ClN4O2S. The van der Waals surface area contributed by atoms with Gasteiger partial charge in [-0.2, -0.15) is 0 Å². The Morgan fingerprint density at radius 1 is 0.967 bits per heavy atom. The van der Waals surface area contributed by atoms with Crippen LogP contribution in [0.2, 0.25) is 5.02 Å². The zero-order chi connectivity index (χ0) is 21.3. The molecule has 0 aliphatic heterocycles. The van der Waals surface area contributed by atoms with E-state index < -0.39 is 11.1 Å². The molecule has 0 radical (unpaired) electrons. The molecule has 0 amide bonds. The first-order valence-corrected chi connectivity index (χ1v) is 10.5. The first-order chi connectivity index (χ1) is 14.4. The normalized spacial score (nSPS) is 11.2. The van der Waals surface area contributed by atoms with Crippen molar-refractivity contribution in [2.75, 3.05) is 4.72 Å². The lowest BCUT2D eigenvalue weighted by atomic mass is 10.0. The monoisotopic (exact) mass is 438 g/mol. The van der Waals surface area contributed by atoms with Gasteiger partial charge in [0.2, 0.25) is 0 Å². The maximum Gasteiger partial charge on any atom is 0.314 e. The van der Waals surface area contributed by atoms with Gasteiger partial charge in [0.1, 0.15) is 0 Å². The van der Waals surface area contributed by atoms with Gasteiger partial charge in [-0.1, -0.05) is 31.5 Å². The third-order valence-electron chi connectivity index (χ3n) is 4.71. The number of nitrogens with one attached hydrogen (secondary N) is 3. The molecule has 0 fully saturated rings. The molecule has 4 rings (SSSR count). The average molecular weight is 439 g/mol. The number of H-pyrrole nitrogens is 2. The summed E-state index contributed by atoms with van der Waals surface area (Å²) in [7, 11) is 0. The maximum absolute atomic E-state index is 11.7. The number of rotatable bonds is 5. The highest BCUT2D eigenvalue weighted by Crippen LogP contribution is 2.34. The van der Waals surface area contributed by atoms with E-state index in [-0.39, 0.29) is 5.92 Å². The minimum absolute atomic E-state index is 0.229. The predicted octanol–water partition coefficient (Wildman–Crippen LogP) is 5.17. The molecule has 30 heavy (non-hydrogen) atoms. The molecule has 0 spiro atoms. The van der Waals surface area contributed by atoms with Crippen molar-refractivity contribution in [1.82, 2.24) is 15.0 Å². The summed E-state index contributed by atoms with van der Waals surface area (Å²) < 4.78 is 3.32. The lowest BCUT2D eigenvalue weighted by Crippen LogP contribution is -2.29. The van der Waals surface area contributed by atoms with E-state index in [1.54, 1.807) is 12.4 Å². The van der Waals surface area contributed by atoms with E-state index in [2.05, 4.69) is 33.5 Å². The van der Waals surface area contributed by atoms with Crippen molar-refractivity contribution in [3.63, 3.8) is 0 Å². The molecule has 0 unspecified atom stereocenters. The van der Waals surface area contributed by atoms with E-state index in [0.717, 1.165) is 27.3 Å². The third-order valence-corrected chi connectivity index (χ3v) is 5.94. The molecule has 2 aromatic carbocycles. The second-order valence-corrected chi connectivity index (χ2v) is 8.39. The van der Waals surface area contributed by atoms with Gasteiger partial charge in [0, 0.05) is 28.5 Å². The SMILES string of the molecule is CC(C)c1cc2[nH]c(=O)c(=O)[nH]c2cc1SNc1ccc(-c2ccncc2)c(Cl)c1. The van der Waals surface area contributed by atoms with Crippen LogP contribution in [0.1, 0.15) is 25.3 Å². The van der Waals surface area contributed by atoms with Gasteiger partial charge in [-0.15, -0.1) is 0 Å². The minimum atomic E-state index is -0.665. The fourth-order valence-electron chi connectivity index (χ4n) is 3.16. The van der Waals surface area contributed by atoms with Crippen LogP contribution in [-0.4, -0.2) is 15.0 Å². The van der Waals surface area contributed by atoms with Gasteiger partial charge in [0.15, 0.2) is 0 Å². The van der Waals surface area contributed by atoms with Gasteiger partial charge < -0.3 is 14.7 Å². The number of aromatic amines is 2. The summed E-state index contributed by atoms with van der Waals surface area (Å²) >= 11 is 7.93. The number of benzene rings is 2. The van der Waals surface area contributed by atoms with Gasteiger partial charge in [-0.3, -0.25) is 14.6 Å². The molecule has 0 aliphatic rings. The Balaban J connectivity index is 1.63. The molecule has 0 saturated heterocycles. The van der Waals surface area contributed by atoms with Gasteiger partial charge in [0.05, 0.1) is 16.1 Å². The second-order valence-electron chi connectivity index (χ2n) is 7.13. The molecule has 8 heteroatoms. The van der Waals surface area contributed by atoms with Crippen LogP contribution >= 0.6 is 23.5 Å². The summed E-state index contributed by atoms with van der Waals surface area (Å²) in [6.45, 7) is 4.16. The fourth-order valence-corrected chi connectivity index (χ4v) is 4.39. The first-order valence-electron chi connectivity index (χ1n) is 9.35. The van der Waals surface area contributed by atoms with Crippen LogP contribution in [0, 0.1) is 0 Å². The van der Waals surface area contributed by atoms with E-state index in [1.807, 2.05) is 42.5 Å². The van der Waals surface area contributed by atoms with Crippen molar-refractivity contribution >= 4 is 40.3 Å². The van der Waals surface area contributed by atoms with E-state index in [9.17, 15) is 9.59 Å². The topological polar surface area (TPSA) is 90.6 Å². The van der Waals surface area contributed by atoms with Crippen LogP contribution in [0.15, 0.2) is 69.3 Å². The fraction of sp³-hybridized carbons (Fsp3) is 0.136. The molecule has 0 aliphatic carbocycles. The number of aromatic nitrogens is 3. The molecule has 6 nitrogen and oxygen atoms in total. The summed E-state index contributed by atoms with van der Waals surface area (Å²) in [5, 5.41) is 0.635. The molecule has 0 bridgehead atoms. The summed E-state index contributed by atoms with van der Waals surface area (Å²) in [6.07, 6.45) is 3.47. The molecule has 4 aromatic rings. The molecular weight excluding hydrogens is 420 g/mol. The van der Waals surface area contributed by atoms with E-state index in [1.165, 1.54) is 11.9 Å². The average Bonchev–Trinajstić information content (AvgIpc) is 2.73. The lowest BCUT2D eigenvalue weighted by Gasteiger charge is -2.15. The predicted molar refractivity (Wildman–Crippen MR) is 123 cm³/mol. The maximum atomic E-state index is 11.7. The summed E-state index contributed by atoms with van der Waals surface area (Å²) in [5.74, 6) is 0.229.